The molecule has 0 aliphatic carbocycles. The first-order valence-corrected chi connectivity index (χ1v) is 12.3. The van der Waals surface area contributed by atoms with E-state index in [2.05, 4.69) is 41.0 Å². The maximum absolute atomic E-state index is 13.5. The molecule has 3 heterocycles. The first-order chi connectivity index (χ1) is 14.9. The summed E-state index contributed by atoms with van der Waals surface area (Å²) in [5.74, 6) is 1.96. The largest absolute Gasteiger partial charge is 0.353 e. The van der Waals surface area contributed by atoms with Crippen LogP contribution in [0, 0.1) is 0 Å². The molecular weight excluding hydrogens is 501 g/mol. The van der Waals surface area contributed by atoms with Crippen LogP contribution in [0.2, 0.25) is 5.02 Å². The van der Waals surface area contributed by atoms with Crippen LogP contribution in [0.1, 0.15) is 48.8 Å². The quantitative estimate of drug-likeness (QED) is 0.581. The zero-order chi connectivity index (χ0) is 22.0. The van der Waals surface area contributed by atoms with Gasteiger partial charge in [-0.2, -0.15) is 0 Å². The van der Waals surface area contributed by atoms with Crippen molar-refractivity contribution in [1.82, 2.24) is 20.2 Å². The highest BCUT2D eigenvalue weighted by molar-refractivity contribution is 7.99. The van der Waals surface area contributed by atoms with Crippen LogP contribution in [0.3, 0.4) is 0 Å². The highest BCUT2D eigenvalue weighted by Crippen LogP contribution is 2.44. The van der Waals surface area contributed by atoms with Crippen LogP contribution in [0.15, 0.2) is 30.6 Å². The van der Waals surface area contributed by atoms with Crippen LogP contribution in [-0.2, 0) is 10.5 Å². The summed E-state index contributed by atoms with van der Waals surface area (Å²) >= 11 is 7.98. The minimum absolute atomic E-state index is 0. The Kier molecular flexibility index (Phi) is 10.6. The molecule has 10 heteroatoms. The van der Waals surface area contributed by atoms with Crippen LogP contribution in [0.25, 0.3) is 0 Å². The molecule has 2 aliphatic heterocycles. The lowest BCUT2D eigenvalue weighted by Gasteiger charge is -2.38. The first kappa shape index (κ1) is 28.0. The number of thioether (sulfide) groups is 1. The van der Waals surface area contributed by atoms with Crippen molar-refractivity contribution in [3.05, 3.63) is 52.4 Å². The molecule has 2 aliphatic rings. The number of piperazine rings is 1. The van der Waals surface area contributed by atoms with Crippen molar-refractivity contribution in [2.75, 3.05) is 37.6 Å². The number of hydrogen-bond donors (Lipinski definition) is 1. The van der Waals surface area contributed by atoms with Crippen LogP contribution >= 0.6 is 48.2 Å². The lowest BCUT2D eigenvalue weighted by atomic mass is 9.96. The van der Waals surface area contributed by atoms with Gasteiger partial charge in [-0.05, 0) is 24.6 Å². The molecule has 1 amide bonds. The minimum atomic E-state index is -0.217. The van der Waals surface area contributed by atoms with Gasteiger partial charge < -0.3 is 15.1 Å². The van der Waals surface area contributed by atoms with Crippen molar-refractivity contribution >= 4 is 59.9 Å². The van der Waals surface area contributed by atoms with E-state index in [-0.39, 0.29) is 36.6 Å². The second-order valence-electron chi connectivity index (χ2n) is 8.49. The third-order valence-corrected chi connectivity index (χ3v) is 7.44. The monoisotopic (exact) mass is 531 g/mol. The fourth-order valence-electron chi connectivity index (χ4n) is 4.25. The number of halogens is 3. The molecule has 6 nitrogen and oxygen atoms in total. The van der Waals surface area contributed by atoms with E-state index < -0.39 is 0 Å². The number of aromatic nitrogens is 2. The van der Waals surface area contributed by atoms with Crippen LogP contribution in [-0.4, -0.2) is 59.5 Å². The van der Waals surface area contributed by atoms with Crippen molar-refractivity contribution in [2.45, 2.75) is 43.7 Å². The van der Waals surface area contributed by atoms with Crippen molar-refractivity contribution in [1.29, 1.82) is 0 Å². The number of nitrogens with one attached hydrogen (secondary N) is 1. The number of anilines is 1. The lowest BCUT2D eigenvalue weighted by molar-refractivity contribution is -0.133. The van der Waals surface area contributed by atoms with E-state index in [1.54, 1.807) is 6.33 Å². The Balaban J connectivity index is 0.00000193. The molecule has 2 atom stereocenters. The summed E-state index contributed by atoms with van der Waals surface area (Å²) in [5.41, 5.74) is 3.43. The number of nitrogens with zero attached hydrogens (tertiary/aromatic N) is 4. The molecule has 0 bridgehead atoms. The van der Waals surface area contributed by atoms with E-state index in [4.69, 9.17) is 11.6 Å². The fourth-order valence-corrected chi connectivity index (χ4v) is 5.42. The van der Waals surface area contributed by atoms with Crippen LogP contribution in [0.4, 0.5) is 5.82 Å². The predicted molar refractivity (Wildman–Crippen MR) is 142 cm³/mol. The molecule has 0 radical (unpaired) electrons. The van der Waals surface area contributed by atoms with Crippen molar-refractivity contribution < 1.29 is 4.79 Å². The average molecular weight is 533 g/mol. The SMILES string of the molecule is CC(C)NC[C@H](C(=O)N1CCN(c2ncnc3c2[C@H](C)SC3)CC1)c1ccc(Cl)cc1.Cl.Cl. The van der Waals surface area contributed by atoms with Gasteiger partial charge in [-0.25, -0.2) is 9.97 Å². The second-order valence-corrected chi connectivity index (χ2v) is 10.3. The fraction of sp³-hybridized carbons (Fsp3) is 0.522. The number of carbonyl (C=O) groups is 1. The minimum Gasteiger partial charge on any atom is -0.353 e. The van der Waals surface area contributed by atoms with Crippen molar-refractivity contribution in [3.63, 3.8) is 0 Å². The van der Waals surface area contributed by atoms with E-state index >= 15 is 0 Å². The summed E-state index contributed by atoms with van der Waals surface area (Å²) in [6.07, 6.45) is 1.68. The molecule has 1 N–H and O–H groups in total. The Morgan fingerprint density at radius 1 is 1.15 bits per heavy atom. The average Bonchev–Trinajstić information content (AvgIpc) is 3.16. The number of fused-ring (bicyclic) bond motifs is 1. The topological polar surface area (TPSA) is 61.4 Å². The molecule has 4 rings (SSSR count). The smallest absolute Gasteiger partial charge is 0.231 e. The molecule has 1 aromatic carbocycles. The summed E-state index contributed by atoms with van der Waals surface area (Å²) in [6.45, 7) is 10.0. The van der Waals surface area contributed by atoms with Gasteiger partial charge in [0.25, 0.3) is 0 Å². The van der Waals surface area contributed by atoms with E-state index in [0.717, 1.165) is 35.9 Å². The van der Waals surface area contributed by atoms with E-state index in [1.807, 2.05) is 40.9 Å². The zero-order valence-corrected chi connectivity index (χ0v) is 22.4. The van der Waals surface area contributed by atoms with Crippen molar-refractivity contribution in [2.24, 2.45) is 0 Å². The maximum atomic E-state index is 13.5. The lowest BCUT2D eigenvalue weighted by Crippen LogP contribution is -2.51. The predicted octanol–water partition coefficient (Wildman–Crippen LogP) is 4.71. The van der Waals surface area contributed by atoms with E-state index in [0.29, 0.717) is 35.9 Å². The summed E-state index contributed by atoms with van der Waals surface area (Å²) in [6, 6.07) is 7.97. The Hall–Kier alpha value is -1.25. The number of hydrogen-bond acceptors (Lipinski definition) is 6. The highest BCUT2D eigenvalue weighted by atomic mass is 35.5. The van der Waals surface area contributed by atoms with Gasteiger partial charge in [0, 0.05) is 60.4 Å². The molecule has 1 aromatic heterocycles. The van der Waals surface area contributed by atoms with E-state index in [1.165, 1.54) is 5.56 Å². The summed E-state index contributed by atoms with van der Waals surface area (Å²) < 4.78 is 0. The number of amides is 1. The summed E-state index contributed by atoms with van der Waals surface area (Å²) in [4.78, 5) is 26.9. The van der Waals surface area contributed by atoms with Gasteiger partial charge in [-0.1, -0.05) is 37.6 Å². The molecule has 0 unspecified atom stereocenters. The Bertz CT molecular complexity index is 923. The van der Waals surface area contributed by atoms with Gasteiger partial charge in [0.1, 0.15) is 12.1 Å². The molecule has 2 aromatic rings. The number of benzene rings is 1. The molecular formula is C23H32Cl3N5OS. The third kappa shape index (κ3) is 6.45. The van der Waals surface area contributed by atoms with Gasteiger partial charge in [0.2, 0.25) is 5.91 Å². The molecule has 1 saturated heterocycles. The Labute approximate surface area is 218 Å². The van der Waals surface area contributed by atoms with Gasteiger partial charge in [-0.15, -0.1) is 36.6 Å². The second kappa shape index (κ2) is 12.5. The van der Waals surface area contributed by atoms with Crippen LogP contribution < -0.4 is 10.2 Å². The number of carbonyl (C=O) groups excluding carboxylic acids is 1. The van der Waals surface area contributed by atoms with Gasteiger partial charge in [0.05, 0.1) is 11.6 Å². The van der Waals surface area contributed by atoms with E-state index in [9.17, 15) is 4.79 Å². The normalized spacial score (nSPS) is 18.4. The molecule has 0 saturated carbocycles. The van der Waals surface area contributed by atoms with Gasteiger partial charge in [-0.3, -0.25) is 4.79 Å². The Morgan fingerprint density at radius 3 is 2.45 bits per heavy atom. The standard InChI is InChI=1S/C23H30ClN5OS.2ClH/c1-15(2)25-12-19(17-4-6-18(24)7-5-17)23(30)29-10-8-28(9-11-29)22-21-16(3)31-13-20(21)26-14-27-22;;/h4-7,14-16,19,25H,8-13H2,1-3H3;2*1H/t16-,19-;;/m0../s1. The first-order valence-electron chi connectivity index (χ1n) is 10.9. The summed E-state index contributed by atoms with van der Waals surface area (Å²) in [7, 11) is 0. The highest BCUT2D eigenvalue weighted by Gasteiger charge is 2.32. The number of rotatable bonds is 6. The Morgan fingerprint density at radius 2 is 1.82 bits per heavy atom. The van der Waals surface area contributed by atoms with Gasteiger partial charge >= 0.3 is 0 Å². The third-order valence-electron chi connectivity index (χ3n) is 6.01. The van der Waals surface area contributed by atoms with Crippen molar-refractivity contribution in [3.8, 4) is 0 Å². The summed E-state index contributed by atoms with van der Waals surface area (Å²) in [5, 5.41) is 4.54. The van der Waals surface area contributed by atoms with Crippen LogP contribution in [0.5, 0.6) is 0 Å². The maximum Gasteiger partial charge on any atom is 0.231 e. The molecule has 0 spiro atoms. The molecule has 33 heavy (non-hydrogen) atoms. The molecule has 182 valence electrons. The zero-order valence-electron chi connectivity index (χ0n) is 19.2. The van der Waals surface area contributed by atoms with Gasteiger partial charge in [0.15, 0.2) is 0 Å². The molecule has 1 fully saturated rings.